The molecule has 0 bridgehead atoms. The number of carbonyl (C=O) groups is 1. The third-order valence-electron chi connectivity index (χ3n) is 4.56. The lowest BCUT2D eigenvalue weighted by Crippen LogP contribution is -2.35. The predicted molar refractivity (Wildman–Crippen MR) is 91.8 cm³/mol. The first-order chi connectivity index (χ1) is 12.2. The van der Waals surface area contributed by atoms with Gasteiger partial charge < -0.3 is 18.9 Å². The molecule has 0 radical (unpaired) electrons. The summed E-state index contributed by atoms with van der Waals surface area (Å²) in [4.78, 5) is 14.4. The number of nitrogens with zero attached hydrogens (tertiary/aromatic N) is 4. The number of rotatable bonds is 7. The molecule has 25 heavy (non-hydrogen) atoms. The summed E-state index contributed by atoms with van der Waals surface area (Å²) in [5.41, 5.74) is 1.20. The van der Waals surface area contributed by atoms with Gasteiger partial charge in [0.05, 0.1) is 18.8 Å². The summed E-state index contributed by atoms with van der Waals surface area (Å²) in [6, 6.07) is 9.97. The van der Waals surface area contributed by atoms with Crippen LogP contribution >= 0.6 is 0 Å². The maximum Gasteiger partial charge on any atom is 0.249 e. The van der Waals surface area contributed by atoms with Crippen molar-refractivity contribution in [2.45, 2.75) is 25.0 Å². The van der Waals surface area contributed by atoms with Crippen molar-refractivity contribution in [3.8, 4) is 0 Å². The zero-order valence-corrected chi connectivity index (χ0v) is 14.7. The summed E-state index contributed by atoms with van der Waals surface area (Å²) in [6.45, 7) is 1.14. The number of benzene rings is 1. The Balaban J connectivity index is 1.55. The van der Waals surface area contributed by atoms with Crippen LogP contribution in [0.3, 0.4) is 0 Å². The van der Waals surface area contributed by atoms with Gasteiger partial charge in [-0.25, -0.2) is 0 Å². The second-order valence-corrected chi connectivity index (χ2v) is 6.24. The summed E-state index contributed by atoms with van der Waals surface area (Å²) in [5.74, 6) is 0.734. The van der Waals surface area contributed by atoms with Gasteiger partial charge in [0.15, 0.2) is 5.82 Å². The van der Waals surface area contributed by atoms with E-state index in [1.54, 1.807) is 18.3 Å². The van der Waals surface area contributed by atoms with Crippen LogP contribution in [0.2, 0.25) is 0 Å². The van der Waals surface area contributed by atoms with Gasteiger partial charge in [0.25, 0.3) is 0 Å². The molecule has 2 aromatic rings. The van der Waals surface area contributed by atoms with Crippen molar-refractivity contribution in [3.05, 3.63) is 48.0 Å². The molecular weight excluding hydrogens is 320 g/mol. The zero-order valence-electron chi connectivity index (χ0n) is 14.7. The van der Waals surface area contributed by atoms with E-state index in [1.807, 2.05) is 29.8 Å². The minimum Gasteiger partial charge on any atom is -0.380 e. The number of amides is 1. The molecule has 0 saturated carbocycles. The maximum atomic E-state index is 12.6. The van der Waals surface area contributed by atoms with Crippen molar-refractivity contribution in [1.82, 2.24) is 19.7 Å². The van der Waals surface area contributed by atoms with Gasteiger partial charge in [0, 0.05) is 27.1 Å². The van der Waals surface area contributed by atoms with E-state index in [1.165, 1.54) is 5.56 Å². The van der Waals surface area contributed by atoms with Gasteiger partial charge in [-0.3, -0.25) is 4.79 Å². The van der Waals surface area contributed by atoms with Gasteiger partial charge in [-0.05, 0) is 12.0 Å². The number of methoxy groups -OCH3 is 1. The molecule has 2 heterocycles. The second-order valence-electron chi connectivity index (χ2n) is 6.24. The summed E-state index contributed by atoms with van der Waals surface area (Å²) in [5, 5.41) is 8.08. The first-order valence-electron chi connectivity index (χ1n) is 8.47. The highest BCUT2D eigenvalue weighted by Crippen LogP contribution is 2.31. The topological polar surface area (TPSA) is 69.5 Å². The lowest BCUT2D eigenvalue weighted by atomic mass is 10.2. The van der Waals surface area contributed by atoms with E-state index in [9.17, 15) is 4.79 Å². The van der Waals surface area contributed by atoms with E-state index in [2.05, 4.69) is 22.3 Å². The fourth-order valence-corrected chi connectivity index (χ4v) is 3.16. The van der Waals surface area contributed by atoms with Crippen molar-refractivity contribution >= 4 is 5.91 Å². The van der Waals surface area contributed by atoms with Crippen LogP contribution in [-0.2, 0) is 27.7 Å². The van der Waals surface area contributed by atoms with Crippen LogP contribution in [0.25, 0.3) is 0 Å². The molecule has 2 atom stereocenters. The number of aryl methyl sites for hydroxylation is 1. The number of aromatic nitrogens is 3. The molecule has 1 aromatic carbocycles. The maximum absolute atomic E-state index is 12.6. The Labute approximate surface area is 147 Å². The molecule has 3 rings (SSSR count). The number of hydrogen-bond donors (Lipinski definition) is 0. The molecule has 134 valence electrons. The van der Waals surface area contributed by atoms with Crippen LogP contribution in [0.15, 0.2) is 36.7 Å². The third-order valence-corrected chi connectivity index (χ3v) is 4.56. The number of likely N-dealkylation sites (tertiary alicyclic amines) is 1. The van der Waals surface area contributed by atoms with E-state index in [0.29, 0.717) is 13.2 Å². The lowest BCUT2D eigenvalue weighted by Gasteiger charge is -2.23. The van der Waals surface area contributed by atoms with E-state index >= 15 is 0 Å². The van der Waals surface area contributed by atoms with Crippen molar-refractivity contribution < 1.29 is 14.3 Å². The fraction of sp³-hybridized carbons (Fsp3) is 0.500. The molecule has 7 nitrogen and oxygen atoms in total. The van der Waals surface area contributed by atoms with Gasteiger partial charge in [0.2, 0.25) is 5.91 Å². The monoisotopic (exact) mass is 344 g/mol. The average Bonchev–Trinajstić information content (AvgIpc) is 3.25. The highest BCUT2D eigenvalue weighted by molar-refractivity contribution is 5.78. The van der Waals surface area contributed by atoms with E-state index in [4.69, 9.17) is 9.47 Å². The molecule has 0 spiro atoms. The average molecular weight is 344 g/mol. The van der Waals surface area contributed by atoms with Crippen molar-refractivity contribution in [1.29, 1.82) is 0 Å². The molecule has 1 aliphatic heterocycles. The van der Waals surface area contributed by atoms with Crippen molar-refractivity contribution in [3.63, 3.8) is 0 Å². The molecule has 1 aliphatic rings. The Bertz CT molecular complexity index is 689. The Hall–Kier alpha value is -2.25. The van der Waals surface area contributed by atoms with Crippen LogP contribution in [0.4, 0.5) is 0 Å². The van der Waals surface area contributed by atoms with Crippen LogP contribution in [-0.4, -0.2) is 58.5 Å². The van der Waals surface area contributed by atoms with Gasteiger partial charge in [-0.15, -0.1) is 10.2 Å². The normalized spacial score (nSPS) is 20.2. The van der Waals surface area contributed by atoms with Gasteiger partial charge >= 0.3 is 0 Å². The van der Waals surface area contributed by atoms with Gasteiger partial charge in [-0.2, -0.15) is 0 Å². The Morgan fingerprint density at radius 2 is 2.12 bits per heavy atom. The predicted octanol–water partition coefficient (Wildman–Crippen LogP) is 1.36. The fourth-order valence-electron chi connectivity index (χ4n) is 3.16. The first kappa shape index (κ1) is 17.6. The van der Waals surface area contributed by atoms with E-state index < -0.39 is 0 Å². The van der Waals surface area contributed by atoms with Crippen LogP contribution in [0, 0.1) is 0 Å². The molecule has 0 N–H and O–H groups in total. The Kier molecular flexibility index (Phi) is 5.78. The number of ether oxygens (including phenoxy) is 2. The Morgan fingerprint density at radius 3 is 2.80 bits per heavy atom. The highest BCUT2D eigenvalue weighted by Gasteiger charge is 2.38. The molecule has 0 unspecified atom stereocenters. The number of hydrogen-bond acceptors (Lipinski definition) is 5. The SMILES string of the molecule is CO[C@@H]1C[C@@H](c2nncn2C)N(C(=O)COCCc2ccccc2)C1. The molecule has 1 amide bonds. The summed E-state index contributed by atoms with van der Waals surface area (Å²) in [6.07, 6.45) is 3.17. The standard InChI is InChI=1S/C18H24N4O3/c1-21-13-19-20-18(21)16-10-15(24-2)11-22(16)17(23)12-25-9-8-14-6-4-3-5-7-14/h3-7,13,15-16H,8-12H2,1-2H3/t15-,16+/m1/s1. The van der Waals surface area contributed by atoms with E-state index in [0.717, 1.165) is 18.7 Å². The number of carbonyl (C=O) groups excluding carboxylic acids is 1. The van der Waals surface area contributed by atoms with Crippen LogP contribution in [0.5, 0.6) is 0 Å². The Morgan fingerprint density at radius 1 is 1.32 bits per heavy atom. The quantitative estimate of drug-likeness (QED) is 0.710. The lowest BCUT2D eigenvalue weighted by molar-refractivity contribution is -0.137. The zero-order chi connectivity index (χ0) is 17.6. The largest absolute Gasteiger partial charge is 0.380 e. The molecule has 7 heteroatoms. The molecule has 0 aliphatic carbocycles. The molecule has 1 saturated heterocycles. The molecule has 1 fully saturated rings. The summed E-state index contributed by atoms with van der Waals surface area (Å²) in [7, 11) is 3.55. The molecular formula is C18H24N4O3. The summed E-state index contributed by atoms with van der Waals surface area (Å²) < 4.78 is 12.9. The van der Waals surface area contributed by atoms with Gasteiger partial charge in [0.1, 0.15) is 12.9 Å². The minimum absolute atomic E-state index is 0.00923. The van der Waals surface area contributed by atoms with Gasteiger partial charge in [-0.1, -0.05) is 30.3 Å². The third kappa shape index (κ3) is 4.24. The van der Waals surface area contributed by atoms with Crippen LogP contribution < -0.4 is 0 Å². The second kappa shape index (κ2) is 8.22. The van der Waals surface area contributed by atoms with Crippen molar-refractivity contribution in [2.24, 2.45) is 7.05 Å². The summed E-state index contributed by atoms with van der Waals surface area (Å²) >= 11 is 0. The van der Waals surface area contributed by atoms with Crippen molar-refractivity contribution in [2.75, 3.05) is 26.9 Å². The smallest absolute Gasteiger partial charge is 0.249 e. The highest BCUT2D eigenvalue weighted by atomic mass is 16.5. The minimum atomic E-state index is -0.123. The van der Waals surface area contributed by atoms with Crippen LogP contribution in [0.1, 0.15) is 23.9 Å². The first-order valence-corrected chi connectivity index (χ1v) is 8.47. The molecule has 1 aromatic heterocycles. The van der Waals surface area contributed by atoms with E-state index in [-0.39, 0.29) is 24.7 Å².